The fourth-order valence-corrected chi connectivity index (χ4v) is 2.04. The van der Waals surface area contributed by atoms with Crippen molar-refractivity contribution in [2.45, 2.75) is 13.5 Å². The van der Waals surface area contributed by atoms with E-state index in [1.165, 1.54) is 23.5 Å². The molecule has 0 saturated heterocycles. The number of nitrogens with one attached hydrogen (secondary N) is 1. The van der Waals surface area contributed by atoms with Gasteiger partial charge in [-0.05, 0) is 19.1 Å². The molecular weight excluding hydrogens is 266 g/mol. The van der Waals surface area contributed by atoms with E-state index in [0.717, 1.165) is 4.88 Å². The monoisotopic (exact) mass is 277 g/mol. The summed E-state index contributed by atoms with van der Waals surface area (Å²) in [5, 5.41) is 11.6. The second-order valence-corrected chi connectivity index (χ2v) is 4.76. The van der Waals surface area contributed by atoms with Gasteiger partial charge >= 0.3 is 5.97 Å². The highest BCUT2D eigenvalue weighted by Crippen LogP contribution is 2.08. The minimum Gasteiger partial charge on any atom is -0.478 e. The van der Waals surface area contributed by atoms with Gasteiger partial charge in [-0.2, -0.15) is 0 Å². The van der Waals surface area contributed by atoms with E-state index in [1.807, 2.05) is 0 Å². The Kier molecular flexibility index (Phi) is 3.86. The first-order chi connectivity index (χ1) is 9.08. The third kappa shape index (κ3) is 3.14. The van der Waals surface area contributed by atoms with Crippen LogP contribution in [0.4, 0.5) is 0 Å². The summed E-state index contributed by atoms with van der Waals surface area (Å²) in [6.07, 6.45) is 1.68. The molecule has 0 radical (unpaired) electrons. The number of hydrogen-bond donors (Lipinski definition) is 2. The summed E-state index contributed by atoms with van der Waals surface area (Å²) < 4.78 is 0. The minimum absolute atomic E-state index is 0.0963. The number of nitrogens with zero attached hydrogens (tertiary/aromatic N) is 2. The summed E-state index contributed by atoms with van der Waals surface area (Å²) in [6.45, 7) is 1.94. The van der Waals surface area contributed by atoms with E-state index in [1.54, 1.807) is 18.6 Å². The molecule has 7 heteroatoms. The molecule has 2 aromatic rings. The number of aryl methyl sites for hydroxylation is 1. The van der Waals surface area contributed by atoms with E-state index >= 15 is 0 Å². The molecule has 0 unspecified atom stereocenters. The van der Waals surface area contributed by atoms with Gasteiger partial charge in [-0.1, -0.05) is 0 Å². The maximum absolute atomic E-state index is 11.8. The van der Waals surface area contributed by atoms with Crippen LogP contribution in [0.1, 0.15) is 31.4 Å². The lowest BCUT2D eigenvalue weighted by atomic mass is 10.2. The Morgan fingerprint density at radius 3 is 2.79 bits per heavy atom. The average molecular weight is 277 g/mol. The Hall–Kier alpha value is -2.28. The van der Waals surface area contributed by atoms with Crippen molar-refractivity contribution in [3.05, 3.63) is 45.7 Å². The second-order valence-electron chi connectivity index (χ2n) is 3.79. The van der Waals surface area contributed by atoms with Crippen LogP contribution in [0, 0.1) is 6.92 Å². The normalized spacial score (nSPS) is 10.2. The van der Waals surface area contributed by atoms with E-state index < -0.39 is 5.97 Å². The molecule has 19 heavy (non-hydrogen) atoms. The Bertz CT molecular complexity index is 611. The Morgan fingerprint density at radius 1 is 1.42 bits per heavy atom. The molecule has 0 bridgehead atoms. The summed E-state index contributed by atoms with van der Waals surface area (Å²) in [6, 6.07) is 2.78. The average Bonchev–Trinajstić information content (AvgIpc) is 2.88. The molecule has 0 aliphatic carbocycles. The van der Waals surface area contributed by atoms with Crippen molar-refractivity contribution in [3.63, 3.8) is 0 Å². The van der Waals surface area contributed by atoms with Crippen LogP contribution >= 0.6 is 11.3 Å². The Morgan fingerprint density at radius 2 is 2.21 bits per heavy atom. The standard InChI is InChI=1S/C12H11N3O3S/c1-7-9(12(17)18)2-3-10(15-7)11(16)14-5-8-4-13-6-19-8/h2-4,6H,5H2,1H3,(H,14,16)(H,17,18). The van der Waals surface area contributed by atoms with Gasteiger partial charge < -0.3 is 10.4 Å². The maximum Gasteiger partial charge on any atom is 0.337 e. The molecule has 6 nitrogen and oxygen atoms in total. The maximum atomic E-state index is 11.8. The van der Waals surface area contributed by atoms with Crippen LogP contribution in [0.3, 0.4) is 0 Å². The summed E-state index contributed by atoms with van der Waals surface area (Å²) in [4.78, 5) is 31.5. The number of carboxylic acid groups (broad SMARTS) is 1. The van der Waals surface area contributed by atoms with Crippen molar-refractivity contribution in [3.8, 4) is 0 Å². The summed E-state index contributed by atoms with van der Waals surface area (Å²) in [7, 11) is 0. The molecule has 0 aliphatic heterocycles. The number of rotatable bonds is 4. The van der Waals surface area contributed by atoms with Gasteiger partial charge in [-0.25, -0.2) is 9.78 Å². The van der Waals surface area contributed by atoms with E-state index in [2.05, 4.69) is 15.3 Å². The highest BCUT2D eigenvalue weighted by molar-refractivity contribution is 7.09. The fraction of sp³-hybridized carbons (Fsp3) is 0.167. The zero-order valence-corrected chi connectivity index (χ0v) is 10.9. The molecule has 98 valence electrons. The van der Waals surface area contributed by atoms with Crippen LogP contribution in [0.25, 0.3) is 0 Å². The molecule has 2 heterocycles. The molecule has 0 aromatic carbocycles. The van der Waals surface area contributed by atoms with Gasteiger partial charge in [0.05, 0.1) is 23.3 Å². The zero-order valence-electron chi connectivity index (χ0n) is 10.1. The Labute approximate surface area is 113 Å². The van der Waals surface area contributed by atoms with Crippen molar-refractivity contribution in [2.24, 2.45) is 0 Å². The highest BCUT2D eigenvalue weighted by atomic mass is 32.1. The van der Waals surface area contributed by atoms with Gasteiger partial charge in [0.2, 0.25) is 0 Å². The number of thiazole rings is 1. The third-order valence-corrected chi connectivity index (χ3v) is 3.24. The number of pyridine rings is 1. The van der Waals surface area contributed by atoms with Crippen LogP contribution in [-0.2, 0) is 6.54 Å². The van der Waals surface area contributed by atoms with Crippen molar-refractivity contribution >= 4 is 23.2 Å². The first kappa shape index (κ1) is 13.2. The van der Waals surface area contributed by atoms with Gasteiger partial charge in [0, 0.05) is 11.1 Å². The topological polar surface area (TPSA) is 92.2 Å². The van der Waals surface area contributed by atoms with Crippen molar-refractivity contribution < 1.29 is 14.7 Å². The van der Waals surface area contributed by atoms with Crippen LogP contribution in [0.15, 0.2) is 23.8 Å². The molecule has 1 amide bonds. The van der Waals surface area contributed by atoms with Gasteiger partial charge in [0.25, 0.3) is 5.91 Å². The van der Waals surface area contributed by atoms with E-state index in [9.17, 15) is 9.59 Å². The summed E-state index contributed by atoms with van der Waals surface area (Å²) in [5.41, 5.74) is 2.30. The van der Waals surface area contributed by atoms with Gasteiger partial charge in [0.1, 0.15) is 5.69 Å². The summed E-state index contributed by atoms with van der Waals surface area (Å²) in [5.74, 6) is -1.39. The lowest BCUT2D eigenvalue weighted by molar-refractivity contribution is 0.0694. The largest absolute Gasteiger partial charge is 0.478 e. The van der Waals surface area contributed by atoms with E-state index in [-0.39, 0.29) is 17.2 Å². The summed E-state index contributed by atoms with van der Waals surface area (Å²) >= 11 is 1.45. The number of amides is 1. The minimum atomic E-state index is -1.05. The van der Waals surface area contributed by atoms with Crippen LogP contribution < -0.4 is 5.32 Å². The van der Waals surface area contributed by atoms with E-state index in [0.29, 0.717) is 12.2 Å². The smallest absolute Gasteiger partial charge is 0.337 e. The fourth-order valence-electron chi connectivity index (χ4n) is 1.50. The first-order valence-electron chi connectivity index (χ1n) is 5.44. The van der Waals surface area contributed by atoms with Crippen molar-refractivity contribution in [1.82, 2.24) is 15.3 Å². The van der Waals surface area contributed by atoms with Crippen molar-refractivity contribution in [1.29, 1.82) is 0 Å². The number of carboxylic acids is 1. The predicted molar refractivity (Wildman–Crippen MR) is 69.2 cm³/mol. The molecule has 0 aliphatic rings. The van der Waals surface area contributed by atoms with E-state index in [4.69, 9.17) is 5.11 Å². The van der Waals surface area contributed by atoms with Gasteiger partial charge in [-0.3, -0.25) is 9.78 Å². The SMILES string of the molecule is Cc1nc(C(=O)NCc2cncs2)ccc1C(=O)O. The molecule has 2 aromatic heterocycles. The number of aromatic nitrogens is 2. The number of aromatic carboxylic acids is 1. The van der Waals surface area contributed by atoms with Gasteiger partial charge in [0.15, 0.2) is 0 Å². The zero-order chi connectivity index (χ0) is 13.8. The number of carbonyl (C=O) groups excluding carboxylic acids is 1. The quantitative estimate of drug-likeness (QED) is 0.883. The molecule has 0 atom stereocenters. The first-order valence-corrected chi connectivity index (χ1v) is 6.32. The van der Waals surface area contributed by atoms with Crippen molar-refractivity contribution in [2.75, 3.05) is 0 Å². The van der Waals surface area contributed by atoms with Gasteiger partial charge in [-0.15, -0.1) is 11.3 Å². The molecule has 2 N–H and O–H groups in total. The van der Waals surface area contributed by atoms with Crippen LogP contribution in [0.5, 0.6) is 0 Å². The predicted octanol–water partition coefficient (Wildman–Crippen LogP) is 1.47. The lowest BCUT2D eigenvalue weighted by Crippen LogP contribution is -2.24. The molecule has 0 fully saturated rings. The van der Waals surface area contributed by atoms with Crippen LogP contribution in [-0.4, -0.2) is 27.0 Å². The lowest BCUT2D eigenvalue weighted by Gasteiger charge is -2.05. The van der Waals surface area contributed by atoms with Crippen LogP contribution in [0.2, 0.25) is 0 Å². The third-order valence-electron chi connectivity index (χ3n) is 2.46. The molecule has 0 saturated carbocycles. The molecule has 0 spiro atoms. The molecular formula is C12H11N3O3S. The highest BCUT2D eigenvalue weighted by Gasteiger charge is 2.12. The second kappa shape index (κ2) is 5.57. The number of hydrogen-bond acceptors (Lipinski definition) is 5. The Balaban J connectivity index is 2.07. The number of carbonyl (C=O) groups is 2. The molecule has 2 rings (SSSR count).